The summed E-state index contributed by atoms with van der Waals surface area (Å²) in [5.74, 6) is -0.174. The van der Waals surface area contributed by atoms with Crippen molar-refractivity contribution in [3.63, 3.8) is 0 Å². The van der Waals surface area contributed by atoms with Gasteiger partial charge in [-0.1, -0.05) is 48.2 Å². The first kappa shape index (κ1) is 20.0. The van der Waals surface area contributed by atoms with E-state index in [0.29, 0.717) is 11.7 Å². The fourth-order valence-corrected chi connectivity index (χ4v) is 4.75. The van der Waals surface area contributed by atoms with Crippen molar-refractivity contribution in [2.24, 2.45) is 0 Å². The molecule has 0 N–H and O–H groups in total. The van der Waals surface area contributed by atoms with Crippen molar-refractivity contribution in [2.45, 2.75) is 43.3 Å². The van der Waals surface area contributed by atoms with Gasteiger partial charge in [-0.15, -0.1) is 10.2 Å². The molecular weight excluding hydrogens is 390 g/mol. The molecule has 0 spiro atoms. The standard InChI is InChI=1S/C22H24F2N4S/c1-16(21-18(23)10-7-11-19(21)24)29-22-26-25-20(15-27-12-5-6-13-27)28(22)14-17-8-3-2-4-9-17/h2-4,7-11,16H,5-6,12-15H2,1H3. The molecule has 0 aliphatic carbocycles. The van der Waals surface area contributed by atoms with E-state index in [9.17, 15) is 8.78 Å². The van der Waals surface area contributed by atoms with Crippen LogP contribution in [0, 0.1) is 11.6 Å². The van der Waals surface area contributed by atoms with Crippen molar-refractivity contribution in [1.29, 1.82) is 0 Å². The second-order valence-corrected chi connectivity index (χ2v) is 8.66. The Balaban J connectivity index is 1.62. The third-order valence-electron chi connectivity index (χ3n) is 5.23. The molecule has 1 atom stereocenters. The van der Waals surface area contributed by atoms with Crippen LogP contribution in [-0.4, -0.2) is 32.8 Å². The number of rotatable bonds is 7. The summed E-state index contributed by atoms with van der Waals surface area (Å²) in [6.07, 6.45) is 2.41. The monoisotopic (exact) mass is 414 g/mol. The molecule has 29 heavy (non-hydrogen) atoms. The average Bonchev–Trinajstić information content (AvgIpc) is 3.34. The molecule has 0 saturated carbocycles. The maximum Gasteiger partial charge on any atom is 0.192 e. The highest BCUT2D eigenvalue weighted by Gasteiger charge is 2.23. The van der Waals surface area contributed by atoms with E-state index < -0.39 is 16.9 Å². The zero-order chi connectivity index (χ0) is 20.2. The van der Waals surface area contributed by atoms with Gasteiger partial charge in [-0.05, 0) is 50.6 Å². The molecule has 4 nitrogen and oxygen atoms in total. The largest absolute Gasteiger partial charge is 0.300 e. The molecule has 1 aliphatic rings. The van der Waals surface area contributed by atoms with Gasteiger partial charge in [-0.25, -0.2) is 8.78 Å². The molecule has 1 aromatic heterocycles. The molecule has 0 amide bonds. The van der Waals surface area contributed by atoms with E-state index in [2.05, 4.69) is 31.8 Å². The van der Waals surface area contributed by atoms with E-state index in [1.165, 1.54) is 42.8 Å². The molecule has 152 valence electrons. The summed E-state index contributed by atoms with van der Waals surface area (Å²) in [5, 5.41) is 9.07. The summed E-state index contributed by atoms with van der Waals surface area (Å²) >= 11 is 1.34. The van der Waals surface area contributed by atoms with Gasteiger partial charge in [0.1, 0.15) is 17.5 Å². The topological polar surface area (TPSA) is 34.0 Å². The maximum atomic E-state index is 14.2. The minimum Gasteiger partial charge on any atom is -0.300 e. The molecule has 7 heteroatoms. The molecule has 3 aromatic rings. The van der Waals surface area contributed by atoms with Crippen LogP contribution in [0.2, 0.25) is 0 Å². The van der Waals surface area contributed by atoms with E-state index in [1.807, 2.05) is 18.2 Å². The Morgan fingerprint density at radius 3 is 2.31 bits per heavy atom. The lowest BCUT2D eigenvalue weighted by Crippen LogP contribution is -2.21. The fraction of sp³-hybridized carbons (Fsp3) is 0.364. The van der Waals surface area contributed by atoms with Crippen molar-refractivity contribution in [3.05, 3.63) is 77.1 Å². The summed E-state index contributed by atoms with van der Waals surface area (Å²) in [6, 6.07) is 14.1. The summed E-state index contributed by atoms with van der Waals surface area (Å²) in [6.45, 7) is 5.30. The first-order valence-electron chi connectivity index (χ1n) is 9.90. The number of nitrogens with zero attached hydrogens (tertiary/aromatic N) is 4. The van der Waals surface area contributed by atoms with E-state index in [0.717, 1.165) is 31.0 Å². The van der Waals surface area contributed by atoms with E-state index in [1.54, 1.807) is 6.92 Å². The lowest BCUT2D eigenvalue weighted by Gasteiger charge is -2.17. The smallest absolute Gasteiger partial charge is 0.192 e. The van der Waals surface area contributed by atoms with Crippen LogP contribution in [-0.2, 0) is 13.1 Å². The van der Waals surface area contributed by atoms with Crippen LogP contribution in [0.25, 0.3) is 0 Å². The number of likely N-dealkylation sites (tertiary alicyclic amines) is 1. The zero-order valence-electron chi connectivity index (χ0n) is 16.4. The highest BCUT2D eigenvalue weighted by molar-refractivity contribution is 7.99. The van der Waals surface area contributed by atoms with Gasteiger partial charge in [0.2, 0.25) is 0 Å². The van der Waals surface area contributed by atoms with Crippen molar-refractivity contribution in [2.75, 3.05) is 13.1 Å². The zero-order valence-corrected chi connectivity index (χ0v) is 17.2. The second-order valence-electron chi connectivity index (χ2n) is 7.35. The van der Waals surface area contributed by atoms with Gasteiger partial charge < -0.3 is 4.57 Å². The maximum absolute atomic E-state index is 14.2. The normalized spacial score (nSPS) is 15.7. The van der Waals surface area contributed by atoms with Gasteiger partial charge in [0, 0.05) is 10.8 Å². The summed E-state index contributed by atoms with van der Waals surface area (Å²) in [4.78, 5) is 2.37. The highest BCUT2D eigenvalue weighted by Crippen LogP contribution is 2.37. The first-order valence-corrected chi connectivity index (χ1v) is 10.8. The van der Waals surface area contributed by atoms with Crippen LogP contribution in [0.3, 0.4) is 0 Å². The number of aromatic nitrogens is 3. The highest BCUT2D eigenvalue weighted by atomic mass is 32.2. The van der Waals surface area contributed by atoms with Gasteiger partial charge in [0.05, 0.1) is 13.1 Å². The van der Waals surface area contributed by atoms with Gasteiger partial charge in [0.25, 0.3) is 0 Å². The van der Waals surface area contributed by atoms with Gasteiger partial charge >= 0.3 is 0 Å². The lowest BCUT2D eigenvalue weighted by molar-refractivity contribution is 0.316. The van der Waals surface area contributed by atoms with Crippen LogP contribution < -0.4 is 0 Å². The van der Waals surface area contributed by atoms with Gasteiger partial charge in [-0.2, -0.15) is 0 Å². The summed E-state index contributed by atoms with van der Waals surface area (Å²) in [5.41, 5.74) is 1.22. The Kier molecular flexibility index (Phi) is 6.25. The van der Waals surface area contributed by atoms with Gasteiger partial charge in [0.15, 0.2) is 5.16 Å². The molecule has 1 fully saturated rings. The van der Waals surface area contributed by atoms with E-state index in [-0.39, 0.29) is 5.56 Å². The molecule has 2 aromatic carbocycles. The predicted octanol–water partition coefficient (Wildman–Crippen LogP) is 5.05. The van der Waals surface area contributed by atoms with Crippen molar-refractivity contribution < 1.29 is 8.78 Å². The molecule has 1 saturated heterocycles. The third kappa shape index (κ3) is 4.67. The summed E-state index contributed by atoms with van der Waals surface area (Å²) in [7, 11) is 0. The first-order chi connectivity index (χ1) is 14.1. The number of thioether (sulfide) groups is 1. The Morgan fingerprint density at radius 2 is 1.62 bits per heavy atom. The number of benzene rings is 2. The predicted molar refractivity (Wildman–Crippen MR) is 111 cm³/mol. The van der Waals surface area contributed by atoms with Crippen molar-refractivity contribution in [1.82, 2.24) is 19.7 Å². The minimum absolute atomic E-state index is 0.0767. The number of halogens is 2. The van der Waals surface area contributed by atoms with Crippen LogP contribution in [0.4, 0.5) is 8.78 Å². The minimum atomic E-state index is -0.531. The molecule has 1 aliphatic heterocycles. The Hall–Kier alpha value is -2.25. The van der Waals surface area contributed by atoms with E-state index >= 15 is 0 Å². The Morgan fingerprint density at radius 1 is 0.931 bits per heavy atom. The molecule has 0 radical (unpaired) electrons. The van der Waals surface area contributed by atoms with Crippen LogP contribution in [0.1, 0.15) is 42.0 Å². The van der Waals surface area contributed by atoms with Gasteiger partial charge in [-0.3, -0.25) is 4.90 Å². The summed E-state index contributed by atoms with van der Waals surface area (Å²) < 4.78 is 30.5. The Bertz CT molecular complexity index is 934. The Labute approximate surface area is 174 Å². The molecular formula is C22H24F2N4S. The molecule has 2 heterocycles. The fourth-order valence-electron chi connectivity index (χ4n) is 3.70. The molecule has 0 bridgehead atoms. The van der Waals surface area contributed by atoms with Crippen LogP contribution in [0.5, 0.6) is 0 Å². The molecule has 1 unspecified atom stereocenters. The van der Waals surface area contributed by atoms with Crippen LogP contribution in [0.15, 0.2) is 53.7 Å². The van der Waals surface area contributed by atoms with Crippen molar-refractivity contribution >= 4 is 11.8 Å². The quantitative estimate of drug-likeness (QED) is 0.507. The lowest BCUT2D eigenvalue weighted by atomic mass is 10.1. The average molecular weight is 415 g/mol. The third-order valence-corrected chi connectivity index (χ3v) is 6.33. The second kappa shape index (κ2) is 9.05. The number of hydrogen-bond donors (Lipinski definition) is 0. The number of hydrogen-bond acceptors (Lipinski definition) is 4. The van der Waals surface area contributed by atoms with Crippen LogP contribution >= 0.6 is 11.8 Å². The van der Waals surface area contributed by atoms with Crippen molar-refractivity contribution in [3.8, 4) is 0 Å². The van der Waals surface area contributed by atoms with E-state index in [4.69, 9.17) is 0 Å². The molecule has 4 rings (SSSR count). The SMILES string of the molecule is CC(Sc1nnc(CN2CCCC2)n1Cc1ccccc1)c1c(F)cccc1F.